The molecule has 1 rings (SSSR count). The molecule has 4 heteroatoms. The van der Waals surface area contributed by atoms with E-state index in [1.165, 1.54) is 24.3 Å². The van der Waals surface area contributed by atoms with Crippen LogP contribution in [-0.4, -0.2) is 0 Å². The lowest BCUT2D eigenvalue weighted by molar-refractivity contribution is 0.628. The Morgan fingerprint density at radius 3 is 1.70 bits per heavy atom. The minimum Gasteiger partial charge on any atom is -0.269 e. The van der Waals surface area contributed by atoms with E-state index in [-0.39, 0.29) is 15.2 Å². The Kier molecular flexibility index (Phi) is 6.15. The molecule has 0 spiro atoms. The summed E-state index contributed by atoms with van der Waals surface area (Å²) in [7, 11) is 0. The van der Waals surface area contributed by atoms with Crippen LogP contribution in [0.4, 0.5) is 13.8 Å². The van der Waals surface area contributed by atoms with Gasteiger partial charge in [-0.3, -0.25) is 9.41 Å². The van der Waals surface area contributed by atoms with E-state index in [1.54, 1.807) is 0 Å². The Morgan fingerprint density at radius 1 is 1.00 bits per heavy atom. The monoisotopic (exact) mass is 170 g/mol. The zero-order chi connectivity index (χ0) is 5.98. The first-order valence-electron chi connectivity index (χ1n) is 2.20. The minimum absolute atomic E-state index is 0. The fourth-order valence-corrected chi connectivity index (χ4v) is 0.556. The standard InChI is InChI=1S/C6H4ClF.2FH/c7-5-1-3-6(8)4-2-5;;/h1-4H;2*1H. The topological polar surface area (TPSA) is 0 Å². The van der Waals surface area contributed by atoms with Crippen molar-refractivity contribution in [2.45, 2.75) is 0 Å². The Hall–Kier alpha value is -0.700. The lowest BCUT2D eigenvalue weighted by Crippen LogP contribution is -1.67. The Bertz CT molecular complexity index is 152. The molecule has 0 bridgehead atoms. The van der Waals surface area contributed by atoms with E-state index in [0.29, 0.717) is 5.02 Å². The van der Waals surface area contributed by atoms with Crippen LogP contribution in [0, 0.1) is 5.82 Å². The van der Waals surface area contributed by atoms with Crippen molar-refractivity contribution in [3.05, 3.63) is 35.1 Å². The van der Waals surface area contributed by atoms with Gasteiger partial charge in [0.15, 0.2) is 0 Å². The molecule has 0 aliphatic carbocycles. The SMILES string of the molecule is F.F.Fc1ccc(Cl)cc1. The Balaban J connectivity index is 0. The number of hydrogen-bond acceptors (Lipinski definition) is 0. The molecule has 0 fully saturated rings. The molecule has 0 heterocycles. The third kappa shape index (κ3) is 3.35. The van der Waals surface area contributed by atoms with Gasteiger partial charge < -0.3 is 0 Å². The predicted molar refractivity (Wildman–Crippen MR) is 36.4 cm³/mol. The van der Waals surface area contributed by atoms with E-state index in [4.69, 9.17) is 11.6 Å². The molecule has 0 radical (unpaired) electrons. The highest BCUT2D eigenvalue weighted by atomic mass is 35.5. The van der Waals surface area contributed by atoms with Crippen molar-refractivity contribution in [1.29, 1.82) is 0 Å². The van der Waals surface area contributed by atoms with Gasteiger partial charge in [0.2, 0.25) is 0 Å². The molecule has 0 amide bonds. The molecule has 0 saturated heterocycles. The van der Waals surface area contributed by atoms with Crippen molar-refractivity contribution in [3.63, 3.8) is 0 Å². The maximum atomic E-state index is 12.0. The van der Waals surface area contributed by atoms with Gasteiger partial charge in [-0.2, -0.15) is 0 Å². The van der Waals surface area contributed by atoms with Gasteiger partial charge in [0.1, 0.15) is 5.82 Å². The highest BCUT2D eigenvalue weighted by molar-refractivity contribution is 6.30. The molecule has 0 unspecified atom stereocenters. The van der Waals surface area contributed by atoms with Crippen LogP contribution in [0.25, 0.3) is 0 Å². The van der Waals surface area contributed by atoms with Gasteiger partial charge in [0.05, 0.1) is 0 Å². The molecular formula is C6H6ClF3. The van der Waals surface area contributed by atoms with Crippen LogP contribution in [0.1, 0.15) is 0 Å². The van der Waals surface area contributed by atoms with Crippen LogP contribution in [0.3, 0.4) is 0 Å². The molecule has 0 atom stereocenters. The van der Waals surface area contributed by atoms with Crippen LogP contribution in [0.15, 0.2) is 24.3 Å². The first kappa shape index (κ1) is 12.0. The van der Waals surface area contributed by atoms with Crippen molar-refractivity contribution in [2.75, 3.05) is 0 Å². The molecule has 1 aromatic rings. The van der Waals surface area contributed by atoms with Crippen molar-refractivity contribution in [2.24, 2.45) is 0 Å². The molecule has 10 heavy (non-hydrogen) atoms. The van der Waals surface area contributed by atoms with Crippen LogP contribution >= 0.6 is 11.6 Å². The number of halogens is 4. The van der Waals surface area contributed by atoms with Gasteiger partial charge in [-0.1, -0.05) is 11.6 Å². The second kappa shape index (κ2) is 5.11. The zero-order valence-corrected chi connectivity index (χ0v) is 5.64. The third-order valence-corrected chi connectivity index (χ3v) is 1.06. The van der Waals surface area contributed by atoms with Crippen LogP contribution in [0.5, 0.6) is 0 Å². The van der Waals surface area contributed by atoms with Gasteiger partial charge >= 0.3 is 0 Å². The van der Waals surface area contributed by atoms with Gasteiger partial charge in [-0.05, 0) is 24.3 Å². The molecule has 0 aromatic heterocycles. The Morgan fingerprint density at radius 2 is 1.40 bits per heavy atom. The predicted octanol–water partition coefficient (Wildman–Crippen LogP) is 2.78. The lowest BCUT2D eigenvalue weighted by Gasteiger charge is -1.84. The Labute approximate surface area is 61.4 Å². The van der Waals surface area contributed by atoms with Crippen molar-refractivity contribution in [3.8, 4) is 0 Å². The maximum Gasteiger partial charge on any atom is 0.123 e. The molecule has 0 saturated carbocycles. The smallest absolute Gasteiger partial charge is 0.123 e. The van der Waals surface area contributed by atoms with E-state index >= 15 is 0 Å². The molecule has 58 valence electrons. The summed E-state index contributed by atoms with van der Waals surface area (Å²) in [6.07, 6.45) is 0. The first-order valence-corrected chi connectivity index (χ1v) is 2.58. The average molecular weight is 171 g/mol. The highest BCUT2D eigenvalue weighted by Crippen LogP contribution is 2.07. The highest BCUT2D eigenvalue weighted by Gasteiger charge is 1.85. The normalized spacial score (nSPS) is 7.40. The van der Waals surface area contributed by atoms with Crippen molar-refractivity contribution < 1.29 is 13.8 Å². The summed E-state index contributed by atoms with van der Waals surface area (Å²) >= 11 is 5.44. The number of benzene rings is 1. The van der Waals surface area contributed by atoms with E-state index in [0.717, 1.165) is 0 Å². The van der Waals surface area contributed by atoms with Crippen LogP contribution < -0.4 is 0 Å². The van der Waals surface area contributed by atoms with E-state index in [1.807, 2.05) is 0 Å². The quantitative estimate of drug-likeness (QED) is 0.562. The minimum atomic E-state index is -0.255. The third-order valence-electron chi connectivity index (χ3n) is 0.804. The van der Waals surface area contributed by atoms with Crippen LogP contribution in [-0.2, 0) is 0 Å². The second-order valence-electron chi connectivity index (χ2n) is 1.44. The summed E-state index contributed by atoms with van der Waals surface area (Å²) < 4.78 is 12.0. The second-order valence-corrected chi connectivity index (χ2v) is 1.87. The fraction of sp³-hybridized carbons (Fsp3) is 0. The van der Waals surface area contributed by atoms with Gasteiger partial charge in [-0.25, -0.2) is 4.39 Å². The van der Waals surface area contributed by atoms with Gasteiger partial charge in [-0.15, -0.1) is 0 Å². The maximum absolute atomic E-state index is 12.0. The summed E-state index contributed by atoms with van der Waals surface area (Å²) in [5, 5.41) is 0.561. The van der Waals surface area contributed by atoms with E-state index in [2.05, 4.69) is 0 Å². The van der Waals surface area contributed by atoms with Crippen molar-refractivity contribution in [1.82, 2.24) is 0 Å². The summed E-state index contributed by atoms with van der Waals surface area (Å²) in [5.74, 6) is -0.255. The number of rotatable bonds is 0. The molecule has 1 aromatic carbocycles. The van der Waals surface area contributed by atoms with E-state index in [9.17, 15) is 4.39 Å². The van der Waals surface area contributed by atoms with Gasteiger partial charge in [0.25, 0.3) is 0 Å². The lowest BCUT2D eigenvalue weighted by atomic mass is 10.4. The summed E-state index contributed by atoms with van der Waals surface area (Å²) in [6.45, 7) is 0. The summed E-state index contributed by atoms with van der Waals surface area (Å²) in [4.78, 5) is 0. The largest absolute Gasteiger partial charge is 0.269 e. The number of hydrogen-bond donors (Lipinski definition) is 0. The first-order chi connectivity index (χ1) is 3.79. The summed E-state index contributed by atoms with van der Waals surface area (Å²) in [6, 6.07) is 5.67. The van der Waals surface area contributed by atoms with E-state index < -0.39 is 0 Å². The zero-order valence-electron chi connectivity index (χ0n) is 4.88. The molecule has 0 aliphatic rings. The average Bonchev–Trinajstić information content (AvgIpc) is 1.77. The van der Waals surface area contributed by atoms with Crippen LogP contribution in [0.2, 0.25) is 5.02 Å². The molecule has 0 N–H and O–H groups in total. The molecule has 0 nitrogen and oxygen atoms in total. The molecular weight excluding hydrogens is 165 g/mol. The van der Waals surface area contributed by atoms with Gasteiger partial charge in [0, 0.05) is 5.02 Å². The molecule has 0 aliphatic heterocycles. The fourth-order valence-electron chi connectivity index (χ4n) is 0.430. The summed E-state index contributed by atoms with van der Waals surface area (Å²) in [5.41, 5.74) is 0. The van der Waals surface area contributed by atoms with Crippen molar-refractivity contribution >= 4 is 11.6 Å².